The average molecular weight is 382 g/mol. The first-order valence-electron chi connectivity index (χ1n) is 10.7. The Morgan fingerprint density at radius 2 is 1.89 bits per heavy atom. The number of pyridine rings is 1. The van der Waals surface area contributed by atoms with Gasteiger partial charge in [0.1, 0.15) is 5.56 Å². The largest absolute Gasteiger partial charge is 0.350 e. The van der Waals surface area contributed by atoms with E-state index in [2.05, 4.69) is 10.2 Å². The number of carbonyl (C=O) groups is 1. The highest BCUT2D eigenvalue weighted by Crippen LogP contribution is 2.25. The molecule has 28 heavy (non-hydrogen) atoms. The van der Waals surface area contributed by atoms with E-state index in [9.17, 15) is 9.59 Å². The van der Waals surface area contributed by atoms with Gasteiger partial charge in [0.2, 0.25) is 5.43 Å². The average Bonchev–Trinajstić information content (AvgIpc) is 2.72. The number of piperidine rings is 1. The van der Waals surface area contributed by atoms with Crippen LogP contribution in [-0.4, -0.2) is 41.1 Å². The number of hydrogen-bond acceptors (Lipinski definition) is 3. The predicted molar refractivity (Wildman–Crippen MR) is 113 cm³/mol. The van der Waals surface area contributed by atoms with Crippen LogP contribution in [0.5, 0.6) is 0 Å². The van der Waals surface area contributed by atoms with Crippen LogP contribution in [0.2, 0.25) is 0 Å². The highest BCUT2D eigenvalue weighted by atomic mass is 16.2. The third kappa shape index (κ3) is 4.14. The molecule has 1 atom stereocenters. The van der Waals surface area contributed by atoms with E-state index in [0.29, 0.717) is 5.39 Å². The molecule has 0 bridgehead atoms. The van der Waals surface area contributed by atoms with Crippen molar-refractivity contribution in [1.82, 2.24) is 14.8 Å². The van der Waals surface area contributed by atoms with Gasteiger partial charge in [-0.15, -0.1) is 0 Å². The molecule has 1 aliphatic heterocycles. The summed E-state index contributed by atoms with van der Waals surface area (Å²) in [4.78, 5) is 28.2. The van der Waals surface area contributed by atoms with Gasteiger partial charge in [-0.2, -0.15) is 0 Å². The fourth-order valence-corrected chi connectivity index (χ4v) is 4.94. The summed E-state index contributed by atoms with van der Waals surface area (Å²) >= 11 is 0. The molecular weight excluding hydrogens is 350 g/mol. The van der Waals surface area contributed by atoms with Crippen LogP contribution in [0.15, 0.2) is 35.3 Å². The van der Waals surface area contributed by atoms with Gasteiger partial charge in [-0.25, -0.2) is 0 Å². The van der Waals surface area contributed by atoms with Crippen molar-refractivity contribution in [2.75, 3.05) is 19.6 Å². The number of para-hydroxylation sites is 1. The minimum atomic E-state index is -0.240. The van der Waals surface area contributed by atoms with Crippen LogP contribution in [0.1, 0.15) is 55.3 Å². The first-order valence-corrected chi connectivity index (χ1v) is 10.7. The van der Waals surface area contributed by atoms with Crippen LogP contribution >= 0.6 is 0 Å². The summed E-state index contributed by atoms with van der Waals surface area (Å²) in [6.07, 6.45) is 10.6. The van der Waals surface area contributed by atoms with E-state index >= 15 is 0 Å². The number of nitrogens with one attached hydrogen (secondary N) is 1. The maximum Gasteiger partial charge on any atom is 0.257 e. The second kappa shape index (κ2) is 8.48. The second-order valence-electron chi connectivity index (χ2n) is 8.58. The minimum Gasteiger partial charge on any atom is -0.350 e. The Kier molecular flexibility index (Phi) is 5.81. The van der Waals surface area contributed by atoms with Crippen molar-refractivity contribution in [3.63, 3.8) is 0 Å². The first-order chi connectivity index (χ1) is 13.6. The van der Waals surface area contributed by atoms with Crippen LogP contribution in [0.4, 0.5) is 0 Å². The van der Waals surface area contributed by atoms with Crippen molar-refractivity contribution in [3.05, 3.63) is 46.2 Å². The molecule has 2 fully saturated rings. The molecule has 5 nitrogen and oxygen atoms in total. The van der Waals surface area contributed by atoms with Crippen LogP contribution < -0.4 is 10.7 Å². The van der Waals surface area contributed by atoms with E-state index in [4.69, 9.17) is 0 Å². The number of hydrogen-bond donors (Lipinski definition) is 1. The summed E-state index contributed by atoms with van der Waals surface area (Å²) in [7, 11) is 1.88. The molecule has 0 radical (unpaired) electrons. The fourth-order valence-electron chi connectivity index (χ4n) is 4.94. The van der Waals surface area contributed by atoms with Crippen molar-refractivity contribution in [3.8, 4) is 0 Å². The molecule has 1 aliphatic carbocycles. The summed E-state index contributed by atoms with van der Waals surface area (Å²) < 4.78 is 1.86. The van der Waals surface area contributed by atoms with Gasteiger partial charge in [0.25, 0.3) is 5.91 Å². The number of amides is 1. The smallest absolute Gasteiger partial charge is 0.257 e. The number of likely N-dealkylation sites (tertiary alicyclic amines) is 1. The number of carbonyl (C=O) groups excluding carboxylic acids is 1. The summed E-state index contributed by atoms with van der Waals surface area (Å²) in [6.45, 7) is 3.18. The van der Waals surface area contributed by atoms with Gasteiger partial charge in [0.05, 0.1) is 5.52 Å². The van der Waals surface area contributed by atoms with E-state index in [1.807, 2.05) is 29.8 Å². The Morgan fingerprint density at radius 1 is 1.11 bits per heavy atom. The summed E-state index contributed by atoms with van der Waals surface area (Å²) in [5.74, 6) is 0.576. The van der Waals surface area contributed by atoms with Crippen molar-refractivity contribution in [2.45, 2.75) is 51.0 Å². The van der Waals surface area contributed by atoms with Gasteiger partial charge in [-0.05, 0) is 50.3 Å². The number of fused-ring (bicyclic) bond motifs is 1. The van der Waals surface area contributed by atoms with Gasteiger partial charge in [-0.3, -0.25) is 9.59 Å². The number of aryl methyl sites for hydroxylation is 1. The Morgan fingerprint density at radius 3 is 2.71 bits per heavy atom. The molecule has 2 aromatic rings. The van der Waals surface area contributed by atoms with E-state index in [0.717, 1.165) is 43.9 Å². The monoisotopic (exact) mass is 381 g/mol. The van der Waals surface area contributed by atoms with Crippen LogP contribution in [0.25, 0.3) is 10.9 Å². The molecule has 2 heterocycles. The van der Waals surface area contributed by atoms with Crippen molar-refractivity contribution in [2.24, 2.45) is 13.0 Å². The highest BCUT2D eigenvalue weighted by molar-refractivity contribution is 5.97. The standard InChI is InChI=1S/C23H31N3O2/c1-25-16-20(22(27)19-11-5-6-12-21(19)25)23(28)24-18-10-7-13-26(15-18)14-17-8-3-2-4-9-17/h5-6,11-12,16-18H,2-4,7-10,13-15H2,1H3,(H,24,28)/t18-/m1/s1. The predicted octanol–water partition coefficient (Wildman–Crippen LogP) is 3.31. The molecule has 5 heteroatoms. The fraction of sp³-hybridized carbons (Fsp3) is 0.565. The van der Waals surface area contributed by atoms with Crippen LogP contribution in [0, 0.1) is 5.92 Å². The molecule has 0 unspecified atom stereocenters. The zero-order valence-electron chi connectivity index (χ0n) is 16.8. The topological polar surface area (TPSA) is 54.3 Å². The minimum absolute atomic E-state index is 0.126. The zero-order chi connectivity index (χ0) is 19.5. The summed E-state index contributed by atoms with van der Waals surface area (Å²) in [5, 5.41) is 3.74. The van der Waals surface area contributed by atoms with Crippen LogP contribution in [0.3, 0.4) is 0 Å². The summed E-state index contributed by atoms with van der Waals surface area (Å²) in [5.41, 5.74) is 0.909. The van der Waals surface area contributed by atoms with Gasteiger partial charge >= 0.3 is 0 Å². The molecule has 150 valence electrons. The Bertz CT molecular complexity index is 898. The Balaban J connectivity index is 1.44. The quantitative estimate of drug-likeness (QED) is 0.884. The number of aromatic nitrogens is 1. The molecule has 4 rings (SSSR count). The van der Waals surface area contributed by atoms with Crippen LogP contribution in [-0.2, 0) is 7.05 Å². The lowest BCUT2D eigenvalue weighted by Crippen LogP contribution is -2.49. The van der Waals surface area contributed by atoms with Gasteiger partial charge < -0.3 is 14.8 Å². The molecule has 2 aliphatic rings. The van der Waals surface area contributed by atoms with Crippen molar-refractivity contribution >= 4 is 16.8 Å². The first kappa shape index (κ1) is 19.2. The molecule has 1 amide bonds. The Hall–Kier alpha value is -2.14. The number of rotatable bonds is 4. The lowest BCUT2D eigenvalue weighted by molar-refractivity contribution is 0.0888. The lowest BCUT2D eigenvalue weighted by atomic mass is 9.88. The molecule has 0 spiro atoms. The SMILES string of the molecule is Cn1cc(C(=O)N[C@@H]2CCCN(CC3CCCCC3)C2)c(=O)c2ccccc21. The highest BCUT2D eigenvalue weighted by Gasteiger charge is 2.25. The normalized spacial score (nSPS) is 21.7. The van der Waals surface area contributed by atoms with Crippen molar-refractivity contribution < 1.29 is 4.79 Å². The maximum absolute atomic E-state index is 12.9. The number of nitrogens with zero attached hydrogens (tertiary/aromatic N) is 2. The zero-order valence-corrected chi connectivity index (χ0v) is 16.8. The third-order valence-corrected chi connectivity index (χ3v) is 6.42. The second-order valence-corrected chi connectivity index (χ2v) is 8.58. The van der Waals surface area contributed by atoms with E-state index in [1.165, 1.54) is 32.1 Å². The third-order valence-electron chi connectivity index (χ3n) is 6.42. The van der Waals surface area contributed by atoms with Gasteiger partial charge in [-0.1, -0.05) is 31.4 Å². The van der Waals surface area contributed by atoms with E-state index < -0.39 is 0 Å². The molecular formula is C23H31N3O2. The molecule has 1 saturated heterocycles. The summed E-state index contributed by atoms with van der Waals surface area (Å²) in [6, 6.07) is 7.57. The van der Waals surface area contributed by atoms with Crippen molar-refractivity contribution in [1.29, 1.82) is 0 Å². The lowest BCUT2D eigenvalue weighted by Gasteiger charge is -2.36. The van der Waals surface area contributed by atoms with Gasteiger partial charge in [0.15, 0.2) is 0 Å². The molecule has 1 N–H and O–H groups in total. The van der Waals surface area contributed by atoms with Gasteiger partial charge in [0, 0.05) is 37.8 Å². The molecule has 1 aromatic carbocycles. The molecule has 1 aromatic heterocycles. The van der Waals surface area contributed by atoms with E-state index in [1.54, 1.807) is 12.3 Å². The molecule has 1 saturated carbocycles. The Labute approximate surface area is 166 Å². The van der Waals surface area contributed by atoms with E-state index in [-0.39, 0.29) is 22.9 Å². The number of benzene rings is 1. The maximum atomic E-state index is 12.9.